The Morgan fingerprint density at radius 3 is 2.06 bits per heavy atom. The maximum absolute atomic E-state index is 11.4. The van der Waals surface area contributed by atoms with E-state index in [4.69, 9.17) is 8.42 Å². The van der Waals surface area contributed by atoms with E-state index < -0.39 is 11.6 Å². The summed E-state index contributed by atoms with van der Waals surface area (Å²) < 4.78 is 16.6. The second kappa shape index (κ2) is 7.06. The van der Waals surface area contributed by atoms with Crippen molar-refractivity contribution >= 4 is 17.5 Å². The Labute approximate surface area is 111 Å². The molecule has 0 atom stereocenters. The molecular weight excluding hydrogens is 250 g/mol. The highest BCUT2D eigenvalue weighted by atomic mass is 32.1. The van der Waals surface area contributed by atoms with Gasteiger partial charge in [-0.2, -0.15) is 8.42 Å². The summed E-state index contributed by atoms with van der Waals surface area (Å²) in [5.41, 5.74) is 3.31. The number of aryl methyl sites for hydroxylation is 1. The standard InChI is InChI=1S/C13H19NO.O2S/c1-9-8-10(12(15)14-5)6-7-11(9)13(2,3)4;1-3-2/h6-8H,1-5H3,(H,14,15);. The van der Waals surface area contributed by atoms with E-state index in [-0.39, 0.29) is 11.3 Å². The molecule has 18 heavy (non-hydrogen) atoms. The smallest absolute Gasteiger partial charge is 0.335 e. The van der Waals surface area contributed by atoms with Gasteiger partial charge in [-0.1, -0.05) is 26.8 Å². The minimum atomic E-state index is -0.750. The minimum Gasteiger partial charge on any atom is -0.355 e. The third-order valence-electron chi connectivity index (χ3n) is 2.52. The highest BCUT2D eigenvalue weighted by molar-refractivity contribution is 7.51. The molecule has 0 heterocycles. The number of benzene rings is 1. The zero-order chi connectivity index (χ0) is 14.3. The van der Waals surface area contributed by atoms with Gasteiger partial charge in [0.2, 0.25) is 0 Å². The summed E-state index contributed by atoms with van der Waals surface area (Å²) in [6.45, 7) is 8.58. The second-order valence-corrected chi connectivity index (χ2v) is 5.06. The van der Waals surface area contributed by atoms with Gasteiger partial charge in [0, 0.05) is 12.6 Å². The van der Waals surface area contributed by atoms with Crippen molar-refractivity contribution in [3.05, 3.63) is 34.9 Å². The minimum absolute atomic E-state index is 0.0291. The maximum Gasteiger partial charge on any atom is 0.335 e. The Kier molecular flexibility index (Phi) is 6.47. The van der Waals surface area contributed by atoms with Crippen molar-refractivity contribution in [3.8, 4) is 0 Å². The van der Waals surface area contributed by atoms with Crippen LogP contribution in [0.3, 0.4) is 0 Å². The summed E-state index contributed by atoms with van der Waals surface area (Å²) in [6.07, 6.45) is 0. The van der Waals surface area contributed by atoms with Crippen molar-refractivity contribution in [1.82, 2.24) is 5.32 Å². The van der Waals surface area contributed by atoms with Crippen molar-refractivity contribution in [2.75, 3.05) is 7.05 Å². The molecule has 0 aliphatic heterocycles. The van der Waals surface area contributed by atoms with Crippen molar-refractivity contribution in [3.63, 3.8) is 0 Å². The highest BCUT2D eigenvalue weighted by Crippen LogP contribution is 2.25. The van der Waals surface area contributed by atoms with Gasteiger partial charge in [0.15, 0.2) is 0 Å². The first-order valence-corrected chi connectivity index (χ1v) is 6.19. The predicted molar refractivity (Wildman–Crippen MR) is 72.2 cm³/mol. The van der Waals surface area contributed by atoms with Crippen LogP contribution in [0.4, 0.5) is 0 Å². The Bertz CT molecular complexity index is 458. The van der Waals surface area contributed by atoms with Crippen LogP contribution in [-0.4, -0.2) is 21.4 Å². The van der Waals surface area contributed by atoms with Crippen molar-refractivity contribution < 1.29 is 13.2 Å². The van der Waals surface area contributed by atoms with Crippen LogP contribution in [0.1, 0.15) is 42.3 Å². The fourth-order valence-corrected chi connectivity index (χ4v) is 1.79. The molecule has 1 aromatic carbocycles. The van der Waals surface area contributed by atoms with E-state index in [0.29, 0.717) is 0 Å². The lowest BCUT2D eigenvalue weighted by atomic mass is 9.83. The quantitative estimate of drug-likeness (QED) is 0.848. The molecule has 0 saturated carbocycles. The van der Waals surface area contributed by atoms with Crippen LogP contribution in [-0.2, 0) is 17.0 Å². The van der Waals surface area contributed by atoms with Crippen molar-refractivity contribution in [2.45, 2.75) is 33.1 Å². The molecule has 5 heteroatoms. The van der Waals surface area contributed by atoms with E-state index >= 15 is 0 Å². The molecule has 0 aromatic heterocycles. The van der Waals surface area contributed by atoms with E-state index in [0.717, 1.165) is 5.56 Å². The third-order valence-corrected chi connectivity index (χ3v) is 2.52. The number of rotatable bonds is 1. The monoisotopic (exact) mass is 269 g/mol. The highest BCUT2D eigenvalue weighted by Gasteiger charge is 2.16. The van der Waals surface area contributed by atoms with Crippen LogP contribution in [0, 0.1) is 6.92 Å². The fourth-order valence-electron chi connectivity index (χ4n) is 1.79. The van der Waals surface area contributed by atoms with Gasteiger partial charge in [-0.25, -0.2) is 0 Å². The lowest BCUT2D eigenvalue weighted by Gasteiger charge is -2.22. The number of hydrogen-bond donors (Lipinski definition) is 1. The predicted octanol–water partition coefficient (Wildman–Crippen LogP) is 1.98. The summed E-state index contributed by atoms with van der Waals surface area (Å²) in [5.74, 6) is -0.0291. The summed E-state index contributed by atoms with van der Waals surface area (Å²) in [4.78, 5) is 11.4. The lowest BCUT2D eigenvalue weighted by Crippen LogP contribution is -2.19. The number of carbonyl (C=O) groups is 1. The Morgan fingerprint density at radius 2 is 1.72 bits per heavy atom. The normalized spacial score (nSPS) is 10.1. The van der Waals surface area contributed by atoms with E-state index in [1.807, 2.05) is 25.1 Å². The number of amides is 1. The first kappa shape index (κ1) is 16.5. The van der Waals surface area contributed by atoms with Crippen LogP contribution < -0.4 is 5.32 Å². The summed E-state index contributed by atoms with van der Waals surface area (Å²) >= 11 is -0.750. The molecule has 1 amide bonds. The number of hydrogen-bond acceptors (Lipinski definition) is 3. The lowest BCUT2D eigenvalue weighted by molar-refractivity contribution is 0.0963. The summed E-state index contributed by atoms with van der Waals surface area (Å²) in [5, 5.41) is 2.63. The molecule has 0 fully saturated rings. The maximum atomic E-state index is 11.4. The van der Waals surface area contributed by atoms with Crippen LogP contribution in [0.15, 0.2) is 18.2 Å². The molecule has 4 nitrogen and oxygen atoms in total. The molecule has 1 N–H and O–H groups in total. The van der Waals surface area contributed by atoms with Gasteiger partial charge in [0.25, 0.3) is 5.91 Å². The van der Waals surface area contributed by atoms with Crippen molar-refractivity contribution in [2.24, 2.45) is 0 Å². The average Bonchev–Trinajstić information content (AvgIpc) is 2.27. The first-order valence-electron chi connectivity index (χ1n) is 5.53. The number of carbonyl (C=O) groups excluding carboxylic acids is 1. The van der Waals surface area contributed by atoms with E-state index in [9.17, 15) is 4.79 Å². The molecule has 0 bridgehead atoms. The molecular formula is C13H19NO3S. The van der Waals surface area contributed by atoms with E-state index in [2.05, 4.69) is 26.1 Å². The Balaban J connectivity index is 0.000000873. The zero-order valence-corrected chi connectivity index (χ0v) is 12.2. The summed E-state index contributed by atoms with van der Waals surface area (Å²) in [6, 6.07) is 5.87. The van der Waals surface area contributed by atoms with Crippen LogP contribution >= 0.6 is 0 Å². The second-order valence-electron chi connectivity index (χ2n) is 4.93. The Hall–Kier alpha value is -1.49. The molecule has 1 rings (SSSR count). The molecule has 0 radical (unpaired) electrons. The average molecular weight is 269 g/mol. The van der Waals surface area contributed by atoms with Gasteiger partial charge in [0.1, 0.15) is 0 Å². The third kappa shape index (κ3) is 4.79. The summed E-state index contributed by atoms with van der Waals surface area (Å²) in [7, 11) is 1.65. The first-order chi connectivity index (χ1) is 8.27. The molecule has 1 aromatic rings. The van der Waals surface area contributed by atoms with Gasteiger partial charge in [-0.15, -0.1) is 0 Å². The van der Waals surface area contributed by atoms with E-state index in [1.165, 1.54) is 11.1 Å². The largest absolute Gasteiger partial charge is 0.355 e. The molecule has 100 valence electrons. The van der Waals surface area contributed by atoms with Gasteiger partial charge < -0.3 is 5.32 Å². The van der Waals surface area contributed by atoms with Crippen LogP contribution in [0.25, 0.3) is 0 Å². The molecule has 0 saturated heterocycles. The van der Waals surface area contributed by atoms with Crippen molar-refractivity contribution in [1.29, 1.82) is 0 Å². The topological polar surface area (TPSA) is 63.2 Å². The van der Waals surface area contributed by atoms with Gasteiger partial charge in [0.05, 0.1) is 0 Å². The van der Waals surface area contributed by atoms with Crippen LogP contribution in [0.2, 0.25) is 0 Å². The molecule has 0 unspecified atom stereocenters. The molecule has 0 spiro atoms. The Morgan fingerprint density at radius 1 is 1.22 bits per heavy atom. The van der Waals surface area contributed by atoms with Gasteiger partial charge in [-0.3, -0.25) is 4.79 Å². The number of nitrogens with one attached hydrogen (secondary N) is 1. The SMILES string of the molecule is CNC(=O)c1ccc(C(C)(C)C)c(C)c1.O=S=O. The molecule has 0 aliphatic carbocycles. The molecule has 0 aliphatic rings. The van der Waals surface area contributed by atoms with Crippen LogP contribution in [0.5, 0.6) is 0 Å². The van der Waals surface area contributed by atoms with E-state index in [1.54, 1.807) is 7.05 Å². The van der Waals surface area contributed by atoms with Gasteiger partial charge in [-0.05, 0) is 35.6 Å². The fraction of sp³-hybridized carbons (Fsp3) is 0.462. The van der Waals surface area contributed by atoms with Gasteiger partial charge >= 0.3 is 11.6 Å². The zero-order valence-electron chi connectivity index (χ0n) is 11.4.